The Morgan fingerprint density at radius 2 is 2.20 bits per heavy atom. The van der Waals surface area contributed by atoms with Crippen molar-refractivity contribution < 1.29 is 0 Å². The summed E-state index contributed by atoms with van der Waals surface area (Å²) in [5.74, 6) is 0.978. The number of nitrogens with two attached hydrogens (primary N) is 1. The maximum atomic E-state index is 5.82. The van der Waals surface area contributed by atoms with E-state index >= 15 is 0 Å². The molecule has 2 nitrogen and oxygen atoms in total. The summed E-state index contributed by atoms with van der Waals surface area (Å²) in [5.41, 5.74) is 8.95. The van der Waals surface area contributed by atoms with E-state index in [1.807, 2.05) is 13.0 Å². The zero-order valence-corrected chi connectivity index (χ0v) is 10.6. The van der Waals surface area contributed by atoms with Crippen LogP contribution >= 0.6 is 15.9 Å². The summed E-state index contributed by atoms with van der Waals surface area (Å²) in [5, 5.41) is 3.45. The molecule has 0 heterocycles. The van der Waals surface area contributed by atoms with E-state index in [9.17, 15) is 0 Å². The van der Waals surface area contributed by atoms with E-state index in [0.717, 1.165) is 33.9 Å². The highest BCUT2D eigenvalue weighted by Crippen LogP contribution is 2.33. The van der Waals surface area contributed by atoms with Crippen molar-refractivity contribution in [2.75, 3.05) is 17.6 Å². The van der Waals surface area contributed by atoms with E-state index in [1.165, 1.54) is 19.3 Å². The van der Waals surface area contributed by atoms with Crippen LogP contribution in [0.5, 0.6) is 0 Å². The van der Waals surface area contributed by atoms with Gasteiger partial charge in [-0.1, -0.05) is 12.8 Å². The molecular weight excluding hydrogens is 252 g/mol. The topological polar surface area (TPSA) is 38.0 Å². The van der Waals surface area contributed by atoms with E-state index in [2.05, 4.69) is 27.3 Å². The molecule has 1 aromatic rings. The monoisotopic (exact) mass is 268 g/mol. The van der Waals surface area contributed by atoms with Crippen molar-refractivity contribution in [1.29, 1.82) is 0 Å². The highest BCUT2D eigenvalue weighted by atomic mass is 79.9. The van der Waals surface area contributed by atoms with Gasteiger partial charge in [-0.25, -0.2) is 0 Å². The maximum absolute atomic E-state index is 5.82. The minimum atomic E-state index is 0.842. The van der Waals surface area contributed by atoms with Gasteiger partial charge in [-0.15, -0.1) is 0 Å². The van der Waals surface area contributed by atoms with E-state index in [0.29, 0.717) is 0 Å². The lowest BCUT2D eigenvalue weighted by atomic mass is 10.2. The van der Waals surface area contributed by atoms with Gasteiger partial charge in [0, 0.05) is 22.4 Å². The van der Waals surface area contributed by atoms with Gasteiger partial charge in [-0.2, -0.15) is 0 Å². The third kappa shape index (κ3) is 2.88. The molecule has 1 aliphatic rings. The SMILES string of the molecule is Cc1cc(NCCC2CC2)c(Br)cc1N. The number of anilines is 2. The molecule has 2 rings (SSSR count). The van der Waals surface area contributed by atoms with Gasteiger partial charge < -0.3 is 11.1 Å². The fraction of sp³-hybridized carbons (Fsp3) is 0.500. The van der Waals surface area contributed by atoms with Crippen LogP contribution in [0.2, 0.25) is 0 Å². The molecular formula is C12H17BrN2. The molecule has 1 saturated carbocycles. The molecule has 1 aromatic carbocycles. The molecule has 1 aliphatic carbocycles. The Kier molecular flexibility index (Phi) is 3.19. The van der Waals surface area contributed by atoms with Crippen LogP contribution in [0.1, 0.15) is 24.8 Å². The number of nitrogen functional groups attached to an aromatic ring is 1. The molecule has 1 fully saturated rings. The zero-order valence-electron chi connectivity index (χ0n) is 9.02. The highest BCUT2D eigenvalue weighted by molar-refractivity contribution is 9.10. The average Bonchev–Trinajstić information content (AvgIpc) is 2.97. The molecule has 0 amide bonds. The van der Waals surface area contributed by atoms with Crippen molar-refractivity contribution in [3.05, 3.63) is 22.2 Å². The number of benzene rings is 1. The van der Waals surface area contributed by atoms with E-state index in [4.69, 9.17) is 5.73 Å². The number of halogens is 1. The summed E-state index contributed by atoms with van der Waals surface area (Å²) in [7, 11) is 0. The molecule has 82 valence electrons. The lowest BCUT2D eigenvalue weighted by Gasteiger charge is -2.10. The Labute approximate surface area is 99.4 Å². The number of nitrogens with one attached hydrogen (secondary N) is 1. The van der Waals surface area contributed by atoms with Crippen molar-refractivity contribution in [3.63, 3.8) is 0 Å². The predicted molar refractivity (Wildman–Crippen MR) is 69.1 cm³/mol. The number of hydrogen-bond acceptors (Lipinski definition) is 2. The Hall–Kier alpha value is -0.700. The number of hydrogen-bond donors (Lipinski definition) is 2. The van der Waals surface area contributed by atoms with Crippen molar-refractivity contribution in [3.8, 4) is 0 Å². The minimum Gasteiger partial charge on any atom is -0.398 e. The molecule has 0 atom stereocenters. The van der Waals surface area contributed by atoms with Gasteiger partial charge in [0.1, 0.15) is 0 Å². The molecule has 0 saturated heterocycles. The zero-order chi connectivity index (χ0) is 10.8. The van der Waals surface area contributed by atoms with Gasteiger partial charge in [-0.3, -0.25) is 0 Å². The molecule has 3 N–H and O–H groups in total. The highest BCUT2D eigenvalue weighted by Gasteiger charge is 2.20. The van der Waals surface area contributed by atoms with Crippen LogP contribution in [0.15, 0.2) is 16.6 Å². The van der Waals surface area contributed by atoms with Gasteiger partial charge in [0.15, 0.2) is 0 Å². The smallest absolute Gasteiger partial charge is 0.0488 e. The summed E-state index contributed by atoms with van der Waals surface area (Å²) in [4.78, 5) is 0. The fourth-order valence-corrected chi connectivity index (χ4v) is 2.15. The summed E-state index contributed by atoms with van der Waals surface area (Å²) in [6.45, 7) is 3.10. The van der Waals surface area contributed by atoms with Crippen LogP contribution < -0.4 is 11.1 Å². The summed E-state index contributed by atoms with van der Waals surface area (Å²) in [6.07, 6.45) is 4.13. The normalized spacial score (nSPS) is 15.3. The molecule has 15 heavy (non-hydrogen) atoms. The van der Waals surface area contributed by atoms with Crippen LogP contribution in [-0.2, 0) is 0 Å². The quantitative estimate of drug-likeness (QED) is 0.820. The molecule has 0 aromatic heterocycles. The first kappa shape index (κ1) is 10.8. The van der Waals surface area contributed by atoms with Crippen molar-refractivity contribution in [1.82, 2.24) is 0 Å². The van der Waals surface area contributed by atoms with Crippen LogP contribution in [0.3, 0.4) is 0 Å². The molecule has 0 radical (unpaired) electrons. The second-order valence-corrected chi connectivity index (χ2v) is 5.20. The van der Waals surface area contributed by atoms with Crippen LogP contribution in [-0.4, -0.2) is 6.54 Å². The van der Waals surface area contributed by atoms with E-state index in [-0.39, 0.29) is 0 Å². The maximum Gasteiger partial charge on any atom is 0.0488 e. The van der Waals surface area contributed by atoms with Crippen molar-refractivity contribution in [2.45, 2.75) is 26.2 Å². The van der Waals surface area contributed by atoms with Gasteiger partial charge >= 0.3 is 0 Å². The van der Waals surface area contributed by atoms with Crippen LogP contribution in [0, 0.1) is 12.8 Å². The van der Waals surface area contributed by atoms with Gasteiger partial charge in [0.2, 0.25) is 0 Å². The van der Waals surface area contributed by atoms with E-state index in [1.54, 1.807) is 0 Å². The molecule has 0 bridgehead atoms. The molecule has 0 aliphatic heterocycles. The summed E-state index contributed by atoms with van der Waals surface area (Å²) < 4.78 is 1.06. The van der Waals surface area contributed by atoms with Crippen molar-refractivity contribution in [2.24, 2.45) is 5.92 Å². The first-order valence-corrected chi connectivity index (χ1v) is 6.25. The largest absolute Gasteiger partial charge is 0.398 e. The van der Waals surface area contributed by atoms with Gasteiger partial charge in [-0.05, 0) is 52.9 Å². The number of rotatable bonds is 4. The van der Waals surface area contributed by atoms with Gasteiger partial charge in [0.25, 0.3) is 0 Å². The first-order chi connectivity index (χ1) is 7.16. The Morgan fingerprint density at radius 1 is 1.47 bits per heavy atom. The lowest BCUT2D eigenvalue weighted by molar-refractivity contribution is 0.760. The standard InChI is InChI=1S/C12H17BrN2/c1-8-6-12(10(13)7-11(8)14)15-5-4-9-2-3-9/h6-7,9,15H,2-5,14H2,1H3. The van der Waals surface area contributed by atoms with Gasteiger partial charge in [0.05, 0.1) is 0 Å². The van der Waals surface area contributed by atoms with Crippen LogP contribution in [0.4, 0.5) is 11.4 Å². The number of aryl methyl sites for hydroxylation is 1. The Bertz CT molecular complexity index is 359. The lowest BCUT2D eigenvalue weighted by Crippen LogP contribution is -2.04. The van der Waals surface area contributed by atoms with Crippen LogP contribution in [0.25, 0.3) is 0 Å². The first-order valence-electron chi connectivity index (χ1n) is 5.46. The average molecular weight is 269 g/mol. The Balaban J connectivity index is 1.96. The predicted octanol–water partition coefficient (Wildman–Crippen LogP) is 3.55. The second-order valence-electron chi connectivity index (χ2n) is 4.35. The molecule has 0 unspecified atom stereocenters. The third-order valence-corrected chi connectivity index (χ3v) is 3.58. The molecule has 3 heteroatoms. The van der Waals surface area contributed by atoms with Crippen molar-refractivity contribution >= 4 is 27.3 Å². The summed E-state index contributed by atoms with van der Waals surface area (Å²) in [6, 6.07) is 4.07. The van der Waals surface area contributed by atoms with E-state index < -0.39 is 0 Å². The molecule has 0 spiro atoms. The minimum absolute atomic E-state index is 0.842. The Morgan fingerprint density at radius 3 is 2.87 bits per heavy atom. The summed E-state index contributed by atoms with van der Waals surface area (Å²) >= 11 is 3.52. The second kappa shape index (κ2) is 4.44. The third-order valence-electron chi connectivity index (χ3n) is 2.92. The fourth-order valence-electron chi connectivity index (χ4n) is 1.65.